The van der Waals surface area contributed by atoms with Gasteiger partial charge < -0.3 is 5.73 Å². The van der Waals surface area contributed by atoms with E-state index in [9.17, 15) is 0 Å². The van der Waals surface area contributed by atoms with Crippen molar-refractivity contribution in [3.8, 4) is 0 Å². The Morgan fingerprint density at radius 2 is 1.82 bits per heavy atom. The summed E-state index contributed by atoms with van der Waals surface area (Å²) in [6, 6.07) is 1.94. The molecule has 0 unspecified atom stereocenters. The molecule has 2 aromatic rings. The predicted molar refractivity (Wildman–Crippen MR) is 65.6 cm³/mol. The van der Waals surface area contributed by atoms with E-state index in [4.69, 9.17) is 5.73 Å². The number of hydrogen-bond donors (Lipinski definition) is 1. The van der Waals surface area contributed by atoms with Crippen LogP contribution in [0.1, 0.15) is 17.1 Å². The summed E-state index contributed by atoms with van der Waals surface area (Å²) >= 11 is 1.40. The maximum atomic E-state index is 5.46. The molecular weight excluding hydrogens is 234 g/mol. The summed E-state index contributed by atoms with van der Waals surface area (Å²) in [7, 11) is 0. The number of rotatable bonds is 3. The van der Waals surface area contributed by atoms with Gasteiger partial charge in [-0.1, -0.05) is 0 Å². The fourth-order valence-electron chi connectivity index (χ4n) is 1.33. The Labute approximate surface area is 104 Å². The first kappa shape index (κ1) is 11.9. The normalized spacial score (nSPS) is 10.5. The molecule has 0 fully saturated rings. The minimum absolute atomic E-state index is 0.401. The van der Waals surface area contributed by atoms with Crippen LogP contribution < -0.4 is 5.73 Å². The largest absolute Gasteiger partial charge is 0.325 e. The van der Waals surface area contributed by atoms with Crippen molar-refractivity contribution in [1.82, 2.24) is 19.9 Å². The number of hydrogen-bond acceptors (Lipinski definition) is 6. The summed E-state index contributed by atoms with van der Waals surface area (Å²) in [6.07, 6.45) is 3.36. The van der Waals surface area contributed by atoms with Gasteiger partial charge in [0.2, 0.25) is 0 Å². The predicted octanol–water partition coefficient (Wildman–Crippen LogP) is 1.49. The average molecular weight is 247 g/mol. The molecule has 0 bridgehead atoms. The Balaban J connectivity index is 2.19. The van der Waals surface area contributed by atoms with Crippen LogP contribution in [0, 0.1) is 13.8 Å². The lowest BCUT2D eigenvalue weighted by molar-refractivity contribution is 0.888. The molecule has 2 rings (SSSR count). The molecule has 0 saturated heterocycles. The molecule has 0 radical (unpaired) electrons. The smallest absolute Gasteiger partial charge is 0.194 e. The van der Waals surface area contributed by atoms with Crippen LogP contribution in [0.25, 0.3) is 0 Å². The average Bonchev–Trinajstić information content (AvgIpc) is 2.28. The molecule has 2 N–H and O–H groups in total. The topological polar surface area (TPSA) is 77.6 Å². The summed E-state index contributed by atoms with van der Waals surface area (Å²) in [5, 5.41) is 1.46. The van der Waals surface area contributed by atoms with E-state index in [1.807, 2.05) is 19.9 Å². The van der Waals surface area contributed by atoms with Crippen LogP contribution in [-0.4, -0.2) is 19.9 Å². The summed E-state index contributed by atoms with van der Waals surface area (Å²) < 4.78 is 0. The Morgan fingerprint density at radius 1 is 1.12 bits per heavy atom. The molecule has 88 valence electrons. The summed E-state index contributed by atoms with van der Waals surface area (Å²) in [6.45, 7) is 4.29. The van der Waals surface area contributed by atoms with E-state index in [0.717, 1.165) is 22.1 Å². The highest BCUT2D eigenvalue weighted by atomic mass is 32.2. The Morgan fingerprint density at radius 3 is 2.35 bits per heavy atom. The quantitative estimate of drug-likeness (QED) is 0.828. The third-order valence-electron chi connectivity index (χ3n) is 2.05. The lowest BCUT2D eigenvalue weighted by Gasteiger charge is -2.02. The third kappa shape index (κ3) is 3.21. The zero-order valence-corrected chi connectivity index (χ0v) is 10.5. The summed E-state index contributed by atoms with van der Waals surface area (Å²) in [4.78, 5) is 17.1. The molecule has 6 heteroatoms. The molecule has 0 saturated carbocycles. The van der Waals surface area contributed by atoms with E-state index < -0.39 is 0 Å². The van der Waals surface area contributed by atoms with Crippen molar-refractivity contribution < 1.29 is 0 Å². The van der Waals surface area contributed by atoms with Gasteiger partial charge in [0.05, 0.1) is 18.1 Å². The molecule has 0 spiro atoms. The lowest BCUT2D eigenvalue weighted by Crippen LogP contribution is -2.00. The van der Waals surface area contributed by atoms with Crippen LogP contribution in [0.3, 0.4) is 0 Å². The monoisotopic (exact) mass is 247 g/mol. The molecule has 5 nitrogen and oxygen atoms in total. The molecule has 0 amide bonds. The third-order valence-corrected chi connectivity index (χ3v) is 2.83. The first-order valence-electron chi connectivity index (χ1n) is 5.18. The SMILES string of the molecule is Cc1cc(C)nc(Sc2cnc(CN)cn2)n1. The second-order valence-corrected chi connectivity index (χ2v) is 4.57. The number of nitrogens with zero attached hydrogens (tertiary/aromatic N) is 4. The minimum Gasteiger partial charge on any atom is -0.325 e. The first-order chi connectivity index (χ1) is 8.17. The Kier molecular flexibility index (Phi) is 3.65. The van der Waals surface area contributed by atoms with Gasteiger partial charge in [-0.15, -0.1) is 0 Å². The van der Waals surface area contributed by atoms with E-state index in [1.54, 1.807) is 12.4 Å². The lowest BCUT2D eigenvalue weighted by atomic mass is 10.4. The number of nitrogens with two attached hydrogens (primary N) is 1. The number of aromatic nitrogens is 4. The zero-order valence-electron chi connectivity index (χ0n) is 9.71. The molecular formula is C11H13N5S. The molecule has 2 heterocycles. The molecule has 0 aromatic carbocycles. The first-order valence-corrected chi connectivity index (χ1v) is 6.00. The molecule has 17 heavy (non-hydrogen) atoms. The van der Waals surface area contributed by atoms with E-state index in [1.165, 1.54) is 11.8 Å². The van der Waals surface area contributed by atoms with Crippen molar-refractivity contribution in [3.63, 3.8) is 0 Å². The van der Waals surface area contributed by atoms with Crippen molar-refractivity contribution in [1.29, 1.82) is 0 Å². The zero-order chi connectivity index (χ0) is 12.3. The van der Waals surface area contributed by atoms with E-state index in [0.29, 0.717) is 11.7 Å². The van der Waals surface area contributed by atoms with Gasteiger partial charge >= 0.3 is 0 Å². The molecule has 2 aromatic heterocycles. The van der Waals surface area contributed by atoms with Crippen molar-refractivity contribution in [2.45, 2.75) is 30.6 Å². The van der Waals surface area contributed by atoms with Gasteiger partial charge in [-0.25, -0.2) is 15.0 Å². The van der Waals surface area contributed by atoms with E-state index in [2.05, 4.69) is 19.9 Å². The van der Waals surface area contributed by atoms with Gasteiger partial charge in [-0.2, -0.15) is 0 Å². The van der Waals surface area contributed by atoms with Crippen LogP contribution in [-0.2, 0) is 6.54 Å². The van der Waals surface area contributed by atoms with Crippen LogP contribution in [0.15, 0.2) is 28.6 Å². The van der Waals surface area contributed by atoms with Gasteiger partial charge in [0.15, 0.2) is 5.16 Å². The Hall–Kier alpha value is -1.53. The summed E-state index contributed by atoms with van der Waals surface area (Å²) in [5.74, 6) is 0. The maximum absolute atomic E-state index is 5.46. The standard InChI is InChI=1S/C11H13N5S/c1-7-3-8(2)16-11(15-7)17-10-6-13-9(4-12)5-14-10/h3,5-6H,4,12H2,1-2H3. The molecule has 0 aliphatic carbocycles. The van der Waals surface area contributed by atoms with Gasteiger partial charge in [-0.05, 0) is 31.7 Å². The molecule has 0 aliphatic heterocycles. The van der Waals surface area contributed by atoms with Crippen LogP contribution in [0.2, 0.25) is 0 Å². The molecule has 0 aliphatic rings. The van der Waals surface area contributed by atoms with Crippen molar-refractivity contribution in [3.05, 3.63) is 35.5 Å². The van der Waals surface area contributed by atoms with E-state index in [-0.39, 0.29) is 0 Å². The van der Waals surface area contributed by atoms with Gasteiger partial charge in [-0.3, -0.25) is 4.98 Å². The van der Waals surface area contributed by atoms with Crippen LogP contribution >= 0.6 is 11.8 Å². The van der Waals surface area contributed by atoms with E-state index >= 15 is 0 Å². The maximum Gasteiger partial charge on any atom is 0.194 e. The fraction of sp³-hybridized carbons (Fsp3) is 0.273. The second kappa shape index (κ2) is 5.20. The fourth-order valence-corrected chi connectivity index (χ4v) is 2.11. The highest BCUT2D eigenvalue weighted by Gasteiger charge is 2.04. The van der Waals surface area contributed by atoms with Crippen molar-refractivity contribution >= 4 is 11.8 Å². The van der Waals surface area contributed by atoms with Crippen LogP contribution in [0.4, 0.5) is 0 Å². The summed E-state index contributed by atoms with van der Waals surface area (Å²) in [5.41, 5.74) is 8.13. The Bertz CT molecular complexity index is 492. The second-order valence-electron chi connectivity index (χ2n) is 3.59. The van der Waals surface area contributed by atoms with Gasteiger partial charge in [0.1, 0.15) is 5.03 Å². The highest BCUT2D eigenvalue weighted by Crippen LogP contribution is 2.22. The van der Waals surface area contributed by atoms with Crippen molar-refractivity contribution in [2.75, 3.05) is 0 Å². The van der Waals surface area contributed by atoms with Crippen molar-refractivity contribution in [2.24, 2.45) is 5.73 Å². The highest BCUT2D eigenvalue weighted by molar-refractivity contribution is 7.99. The van der Waals surface area contributed by atoms with Gasteiger partial charge in [0.25, 0.3) is 0 Å². The minimum atomic E-state index is 0.401. The van der Waals surface area contributed by atoms with Gasteiger partial charge in [0, 0.05) is 17.9 Å². The number of aryl methyl sites for hydroxylation is 2. The molecule has 0 atom stereocenters. The van der Waals surface area contributed by atoms with Crippen LogP contribution in [0.5, 0.6) is 0 Å².